The van der Waals surface area contributed by atoms with Gasteiger partial charge in [-0.15, -0.1) is 0 Å². The summed E-state index contributed by atoms with van der Waals surface area (Å²) in [7, 11) is 1.48. The Morgan fingerprint density at radius 1 is 0.926 bits per heavy atom. The molecule has 0 unspecified atom stereocenters. The molecule has 9 heteroatoms. The minimum atomic E-state index is -3.72. The van der Waals surface area contributed by atoms with Crippen molar-refractivity contribution in [1.29, 1.82) is 0 Å². The largest absolute Gasteiger partial charge is 0.317 e. The van der Waals surface area contributed by atoms with E-state index in [2.05, 4.69) is 28.3 Å². The lowest BCUT2D eigenvalue weighted by atomic mass is 10.1. The van der Waals surface area contributed by atoms with Gasteiger partial charge in [0.25, 0.3) is 0 Å². The molecule has 0 amide bonds. The van der Waals surface area contributed by atoms with Crippen molar-refractivity contribution in [3.05, 3.63) is 71.6 Å². The Hall–Kier alpha value is -1.41. The third-order valence-corrected chi connectivity index (χ3v) is 4.94. The van der Waals surface area contributed by atoms with Crippen molar-refractivity contribution in [2.45, 2.75) is 24.7 Å². The average Bonchev–Trinajstić information content (AvgIpc) is 2.56. The zero-order chi connectivity index (χ0) is 20.5. The van der Waals surface area contributed by atoms with Crippen LogP contribution in [0.4, 0.5) is 4.39 Å². The Bertz CT molecular complexity index is 945. The van der Waals surface area contributed by atoms with E-state index in [9.17, 15) is 12.8 Å². The van der Waals surface area contributed by atoms with Crippen LogP contribution in [-0.4, -0.2) is 22.6 Å². The Morgan fingerprint density at radius 3 is 1.93 bits per heavy atom. The van der Waals surface area contributed by atoms with Gasteiger partial charge >= 0.3 is 8.26 Å². The lowest BCUT2D eigenvalue weighted by molar-refractivity contribution is 0.599. The van der Waals surface area contributed by atoms with Gasteiger partial charge in [-0.3, -0.25) is 0 Å². The van der Waals surface area contributed by atoms with E-state index in [-0.39, 0.29) is 11.6 Å². The van der Waals surface area contributed by atoms with Crippen LogP contribution in [-0.2, 0) is 24.5 Å². The Labute approximate surface area is 168 Å². The molecule has 0 N–H and O–H groups in total. The van der Waals surface area contributed by atoms with Crippen LogP contribution >= 0.6 is 21.4 Å². The van der Waals surface area contributed by atoms with E-state index in [4.69, 9.17) is 8.42 Å². The van der Waals surface area contributed by atoms with Gasteiger partial charge in [0.1, 0.15) is 5.82 Å². The van der Waals surface area contributed by atoms with Crippen LogP contribution in [0.2, 0.25) is 0 Å². The first-order chi connectivity index (χ1) is 12.5. The normalized spacial score (nSPS) is 11.9. The first-order valence-electron chi connectivity index (χ1n) is 7.89. The van der Waals surface area contributed by atoms with Crippen molar-refractivity contribution in [2.24, 2.45) is 0 Å². The van der Waals surface area contributed by atoms with E-state index < -0.39 is 18.1 Å². The molecular formula is C18H19Cl2FO4S2. The average molecular weight is 453 g/mol. The molecule has 2 aromatic rings. The van der Waals surface area contributed by atoms with Gasteiger partial charge < -0.3 is 0 Å². The van der Waals surface area contributed by atoms with Crippen molar-refractivity contribution in [2.75, 3.05) is 5.75 Å². The maximum Gasteiger partial charge on any atom is 0.317 e. The summed E-state index contributed by atoms with van der Waals surface area (Å²) in [6.45, 7) is 2.09. The molecule has 0 aliphatic heterocycles. The van der Waals surface area contributed by atoms with Crippen molar-refractivity contribution < 1.29 is 21.2 Å². The molecule has 0 fully saturated rings. The maximum atomic E-state index is 12.8. The summed E-state index contributed by atoms with van der Waals surface area (Å²) in [5, 5.41) is 0. The van der Waals surface area contributed by atoms with Gasteiger partial charge in [0, 0.05) is 21.4 Å². The second-order valence-corrected chi connectivity index (χ2v) is 11.2. The zero-order valence-corrected chi connectivity index (χ0v) is 17.6. The first kappa shape index (κ1) is 23.6. The van der Waals surface area contributed by atoms with Gasteiger partial charge in [-0.2, -0.15) is 8.42 Å². The number of benzene rings is 2. The third kappa shape index (κ3) is 10.5. The van der Waals surface area contributed by atoms with Crippen LogP contribution in [0.15, 0.2) is 59.5 Å². The molecule has 148 valence electrons. The number of hydrogen-bond acceptors (Lipinski definition) is 4. The minimum absolute atomic E-state index is 0.0719. The van der Waals surface area contributed by atoms with Crippen molar-refractivity contribution in [3.63, 3.8) is 0 Å². The third-order valence-electron chi connectivity index (χ3n) is 3.32. The molecule has 0 aliphatic carbocycles. The molecular weight excluding hydrogens is 434 g/mol. The monoisotopic (exact) mass is 452 g/mol. The highest BCUT2D eigenvalue weighted by Gasteiger charge is 2.11. The molecule has 0 saturated carbocycles. The van der Waals surface area contributed by atoms with Crippen LogP contribution in [0, 0.1) is 5.82 Å². The van der Waals surface area contributed by atoms with E-state index >= 15 is 0 Å². The predicted octanol–water partition coefficient (Wildman–Crippen LogP) is 4.97. The standard InChI is InChI=1S/C18H19FO2S.Cl2O2S/c1-2-4-15-8-12-18(13-9-15)22(20,21)14-3-5-16-6-10-17(19)11-7-16;1-5(2,3)4/h3,5-13H,2,4,14H2,1H3;. The van der Waals surface area contributed by atoms with Gasteiger partial charge in [-0.1, -0.05) is 49.8 Å². The van der Waals surface area contributed by atoms with Crippen LogP contribution in [0.25, 0.3) is 6.08 Å². The lowest BCUT2D eigenvalue weighted by Gasteiger charge is -2.03. The van der Waals surface area contributed by atoms with Gasteiger partial charge in [0.2, 0.25) is 0 Å². The Morgan fingerprint density at radius 2 is 1.44 bits per heavy atom. The van der Waals surface area contributed by atoms with E-state index in [1.54, 1.807) is 36.4 Å². The van der Waals surface area contributed by atoms with E-state index in [1.807, 2.05) is 12.1 Å². The minimum Gasteiger partial charge on any atom is -0.223 e. The summed E-state index contributed by atoms with van der Waals surface area (Å²) < 4.78 is 55.6. The van der Waals surface area contributed by atoms with Crippen LogP contribution in [0.1, 0.15) is 24.5 Å². The highest BCUT2D eigenvalue weighted by Crippen LogP contribution is 2.14. The number of hydrogen-bond donors (Lipinski definition) is 0. The predicted molar refractivity (Wildman–Crippen MR) is 109 cm³/mol. The second kappa shape index (κ2) is 10.8. The maximum absolute atomic E-state index is 12.8. The fourth-order valence-corrected chi connectivity index (χ4v) is 3.23. The van der Waals surface area contributed by atoms with Crippen LogP contribution < -0.4 is 0 Å². The van der Waals surface area contributed by atoms with Gasteiger partial charge in [-0.05, 0) is 41.8 Å². The fraction of sp³-hybridized carbons (Fsp3) is 0.222. The molecule has 0 aromatic heterocycles. The molecule has 0 aliphatic rings. The molecule has 0 radical (unpaired) electrons. The smallest absolute Gasteiger partial charge is 0.223 e. The summed E-state index contributed by atoms with van der Waals surface area (Å²) in [5.74, 6) is -0.380. The molecule has 0 atom stereocenters. The van der Waals surface area contributed by atoms with E-state index in [0.717, 1.165) is 24.0 Å². The molecule has 27 heavy (non-hydrogen) atoms. The molecule has 0 spiro atoms. The highest BCUT2D eigenvalue weighted by molar-refractivity contribution is 8.31. The summed E-state index contributed by atoms with van der Waals surface area (Å²) >= 11 is 0. The number of aryl methyl sites for hydroxylation is 1. The van der Waals surface area contributed by atoms with Crippen LogP contribution in [0.5, 0.6) is 0 Å². The Balaban J connectivity index is 0.000000646. The van der Waals surface area contributed by atoms with Crippen molar-refractivity contribution in [3.8, 4) is 0 Å². The molecule has 4 nitrogen and oxygen atoms in total. The van der Waals surface area contributed by atoms with Crippen molar-refractivity contribution in [1.82, 2.24) is 0 Å². The molecule has 0 heterocycles. The van der Waals surface area contributed by atoms with Gasteiger partial charge in [-0.25, -0.2) is 12.8 Å². The van der Waals surface area contributed by atoms with E-state index in [1.165, 1.54) is 12.1 Å². The highest BCUT2D eigenvalue weighted by atomic mass is 36.0. The second-order valence-electron chi connectivity index (χ2n) is 5.51. The SMILES string of the molecule is CCCc1ccc(S(=O)(=O)CC=Cc2ccc(F)cc2)cc1.O=S(=O)(Cl)Cl. The number of rotatable bonds is 6. The topological polar surface area (TPSA) is 68.3 Å². The molecule has 0 saturated heterocycles. The molecule has 0 bridgehead atoms. The summed E-state index contributed by atoms with van der Waals surface area (Å²) in [6.07, 6.45) is 5.25. The molecule has 2 aromatic carbocycles. The van der Waals surface area contributed by atoms with Crippen LogP contribution in [0.3, 0.4) is 0 Å². The first-order valence-corrected chi connectivity index (χ1v) is 12.7. The van der Waals surface area contributed by atoms with Gasteiger partial charge in [0.15, 0.2) is 9.84 Å². The molecule has 2 rings (SSSR count). The Kier molecular flexibility index (Phi) is 9.45. The zero-order valence-electron chi connectivity index (χ0n) is 14.5. The van der Waals surface area contributed by atoms with E-state index in [0.29, 0.717) is 4.90 Å². The summed E-state index contributed by atoms with van der Waals surface area (Å²) in [6, 6.07) is 13.0. The number of halogens is 3. The lowest BCUT2D eigenvalue weighted by Crippen LogP contribution is -2.04. The summed E-state index contributed by atoms with van der Waals surface area (Å²) in [4.78, 5) is 0.330. The summed E-state index contributed by atoms with van der Waals surface area (Å²) in [5.41, 5.74) is 1.91. The van der Waals surface area contributed by atoms with Crippen molar-refractivity contribution >= 4 is 45.5 Å². The number of sulfone groups is 1. The quantitative estimate of drug-likeness (QED) is 0.579. The fourth-order valence-electron chi connectivity index (χ4n) is 2.13. The van der Waals surface area contributed by atoms with Gasteiger partial charge in [0.05, 0.1) is 10.6 Å².